The lowest BCUT2D eigenvalue weighted by Gasteiger charge is -2.03. The molecular formula is C9H9IO3. The number of rotatable bonds is 4. The van der Waals surface area contributed by atoms with Gasteiger partial charge in [-0.2, -0.15) is 0 Å². The van der Waals surface area contributed by atoms with E-state index in [1.54, 1.807) is 0 Å². The first-order valence-corrected chi connectivity index (χ1v) is 4.89. The number of epoxide rings is 1. The fraction of sp³-hybridized carbons (Fsp3) is 0.333. The number of hydrogen-bond acceptors (Lipinski definition) is 3. The molecule has 1 fully saturated rings. The predicted molar refractivity (Wildman–Crippen MR) is 56.3 cm³/mol. The normalized spacial score (nSPS) is 19.6. The molecule has 0 aromatic heterocycles. The highest BCUT2D eigenvalue weighted by molar-refractivity contribution is 14.1. The van der Waals surface area contributed by atoms with Crippen LogP contribution in [-0.4, -0.2) is 19.3 Å². The first kappa shape index (κ1) is 9.08. The number of halogens is 1. The van der Waals surface area contributed by atoms with Crippen LogP contribution >= 0.6 is 23.0 Å². The topological polar surface area (TPSA) is 31.0 Å². The zero-order chi connectivity index (χ0) is 9.10. The SMILES string of the molecule is IOc1ccc(OCC2CO2)cc1. The van der Waals surface area contributed by atoms with Crippen LogP contribution < -0.4 is 7.80 Å². The van der Waals surface area contributed by atoms with E-state index in [0.717, 1.165) is 18.1 Å². The molecule has 1 aliphatic rings. The van der Waals surface area contributed by atoms with E-state index < -0.39 is 0 Å². The molecule has 1 aromatic carbocycles. The van der Waals surface area contributed by atoms with E-state index >= 15 is 0 Å². The van der Waals surface area contributed by atoms with Crippen molar-refractivity contribution in [1.29, 1.82) is 0 Å². The molecule has 0 N–H and O–H groups in total. The molecule has 3 nitrogen and oxygen atoms in total. The minimum absolute atomic E-state index is 0.306. The lowest BCUT2D eigenvalue weighted by Crippen LogP contribution is -2.03. The van der Waals surface area contributed by atoms with Crippen molar-refractivity contribution in [3.05, 3.63) is 24.3 Å². The third-order valence-corrected chi connectivity index (χ3v) is 2.26. The van der Waals surface area contributed by atoms with Crippen molar-refractivity contribution in [2.24, 2.45) is 0 Å². The highest BCUT2D eigenvalue weighted by Crippen LogP contribution is 2.20. The molecule has 13 heavy (non-hydrogen) atoms. The second-order valence-electron chi connectivity index (χ2n) is 2.81. The molecule has 1 aromatic rings. The smallest absolute Gasteiger partial charge is 0.192 e. The summed E-state index contributed by atoms with van der Waals surface area (Å²) in [5, 5.41) is 0. The van der Waals surface area contributed by atoms with Crippen molar-refractivity contribution in [2.45, 2.75) is 6.10 Å². The maximum Gasteiger partial charge on any atom is 0.192 e. The average Bonchev–Trinajstić information content (AvgIpc) is 2.99. The van der Waals surface area contributed by atoms with Gasteiger partial charge in [0.2, 0.25) is 0 Å². The third kappa shape index (κ3) is 2.73. The van der Waals surface area contributed by atoms with Crippen LogP contribution in [0.5, 0.6) is 11.5 Å². The summed E-state index contributed by atoms with van der Waals surface area (Å²) in [4.78, 5) is 0. The van der Waals surface area contributed by atoms with Crippen molar-refractivity contribution in [2.75, 3.05) is 13.2 Å². The monoisotopic (exact) mass is 292 g/mol. The summed E-state index contributed by atoms with van der Waals surface area (Å²) in [5.41, 5.74) is 0. The second-order valence-corrected chi connectivity index (χ2v) is 3.26. The van der Waals surface area contributed by atoms with Gasteiger partial charge in [-0.3, -0.25) is 0 Å². The largest absolute Gasteiger partial charge is 0.491 e. The van der Waals surface area contributed by atoms with Crippen LogP contribution in [0.3, 0.4) is 0 Å². The van der Waals surface area contributed by atoms with Crippen LogP contribution in [0.25, 0.3) is 0 Å². The van der Waals surface area contributed by atoms with Gasteiger partial charge >= 0.3 is 0 Å². The first-order chi connectivity index (χ1) is 6.38. The maximum atomic E-state index is 5.45. The molecule has 1 atom stereocenters. The second kappa shape index (κ2) is 4.15. The van der Waals surface area contributed by atoms with Gasteiger partial charge < -0.3 is 12.5 Å². The van der Waals surface area contributed by atoms with Gasteiger partial charge in [-0.25, -0.2) is 0 Å². The summed E-state index contributed by atoms with van der Waals surface area (Å²) in [7, 11) is 0. The van der Waals surface area contributed by atoms with Gasteiger partial charge in [-0.1, -0.05) is 0 Å². The molecule has 70 valence electrons. The number of ether oxygens (including phenoxy) is 2. The molecule has 0 amide bonds. The van der Waals surface area contributed by atoms with Crippen molar-refractivity contribution in [3.63, 3.8) is 0 Å². The number of benzene rings is 1. The Hall–Kier alpha value is -0.490. The summed E-state index contributed by atoms with van der Waals surface area (Å²) in [6.45, 7) is 1.47. The first-order valence-electron chi connectivity index (χ1n) is 4.01. The minimum Gasteiger partial charge on any atom is -0.491 e. The van der Waals surface area contributed by atoms with E-state index in [2.05, 4.69) is 0 Å². The summed E-state index contributed by atoms with van der Waals surface area (Å²) in [6.07, 6.45) is 0.306. The standard InChI is InChI=1S/C9H9IO3/c10-13-8-3-1-7(2-4-8)11-5-9-6-12-9/h1-4,9H,5-6H2. The molecule has 2 rings (SSSR count). The third-order valence-electron chi connectivity index (χ3n) is 1.75. The highest BCUT2D eigenvalue weighted by Gasteiger charge is 2.22. The van der Waals surface area contributed by atoms with Crippen molar-refractivity contribution >= 4 is 23.0 Å². The van der Waals surface area contributed by atoms with Gasteiger partial charge in [0.25, 0.3) is 0 Å². The van der Waals surface area contributed by atoms with E-state index in [0.29, 0.717) is 12.7 Å². The van der Waals surface area contributed by atoms with Crippen LogP contribution in [0.1, 0.15) is 0 Å². The molecule has 0 aliphatic carbocycles. The molecule has 4 heteroatoms. The lowest BCUT2D eigenvalue weighted by molar-refractivity contribution is 0.263. The molecule has 0 spiro atoms. The zero-order valence-corrected chi connectivity index (χ0v) is 9.06. The minimum atomic E-state index is 0.306. The quantitative estimate of drug-likeness (QED) is 0.629. The average molecular weight is 292 g/mol. The maximum absolute atomic E-state index is 5.45. The Morgan fingerprint density at radius 3 is 2.46 bits per heavy atom. The summed E-state index contributed by atoms with van der Waals surface area (Å²) >= 11 is 1.85. The molecule has 1 heterocycles. The van der Waals surface area contributed by atoms with Crippen LogP contribution in [-0.2, 0) is 4.74 Å². The van der Waals surface area contributed by atoms with Crippen LogP contribution in [0.4, 0.5) is 0 Å². The Labute approximate surface area is 90.7 Å². The molecular weight excluding hydrogens is 283 g/mol. The summed E-state index contributed by atoms with van der Waals surface area (Å²) < 4.78 is 15.5. The Bertz CT molecular complexity index is 269. The van der Waals surface area contributed by atoms with E-state index in [9.17, 15) is 0 Å². The molecule has 0 bridgehead atoms. The Morgan fingerprint density at radius 1 is 1.31 bits per heavy atom. The molecule has 1 aliphatic heterocycles. The highest BCUT2D eigenvalue weighted by atomic mass is 127. The van der Waals surface area contributed by atoms with Gasteiger partial charge in [0.05, 0.1) is 6.61 Å². The number of hydrogen-bond donors (Lipinski definition) is 0. The molecule has 0 saturated carbocycles. The fourth-order valence-electron chi connectivity index (χ4n) is 0.941. The van der Waals surface area contributed by atoms with Crippen molar-refractivity contribution in [3.8, 4) is 11.5 Å². The van der Waals surface area contributed by atoms with E-state index in [1.807, 2.05) is 47.3 Å². The van der Waals surface area contributed by atoms with E-state index in [1.165, 1.54) is 0 Å². The fourth-order valence-corrected chi connectivity index (χ4v) is 1.23. The molecule has 1 unspecified atom stereocenters. The van der Waals surface area contributed by atoms with Gasteiger partial charge in [-0.05, 0) is 24.3 Å². The van der Waals surface area contributed by atoms with Gasteiger partial charge in [-0.15, -0.1) is 0 Å². The summed E-state index contributed by atoms with van der Waals surface area (Å²) in [6, 6.07) is 7.51. The zero-order valence-electron chi connectivity index (χ0n) is 6.90. The Balaban J connectivity index is 1.88. The molecule has 0 radical (unpaired) electrons. The summed E-state index contributed by atoms with van der Waals surface area (Å²) in [5.74, 6) is 1.68. The Kier molecular flexibility index (Phi) is 2.90. The van der Waals surface area contributed by atoms with Crippen LogP contribution in [0, 0.1) is 0 Å². The van der Waals surface area contributed by atoms with Crippen molar-refractivity contribution in [1.82, 2.24) is 0 Å². The van der Waals surface area contributed by atoms with Gasteiger partial charge in [0.1, 0.15) is 24.2 Å². The Morgan fingerprint density at radius 2 is 1.92 bits per heavy atom. The van der Waals surface area contributed by atoms with Crippen LogP contribution in [0.15, 0.2) is 24.3 Å². The van der Waals surface area contributed by atoms with Crippen molar-refractivity contribution < 1.29 is 12.5 Å². The van der Waals surface area contributed by atoms with Gasteiger partial charge in [0, 0.05) is 0 Å². The predicted octanol–water partition coefficient (Wildman–Crippen LogP) is 2.19. The van der Waals surface area contributed by atoms with E-state index in [4.69, 9.17) is 12.5 Å². The van der Waals surface area contributed by atoms with E-state index in [-0.39, 0.29) is 0 Å². The molecule has 1 saturated heterocycles. The lowest BCUT2D eigenvalue weighted by atomic mass is 10.3. The van der Waals surface area contributed by atoms with Crippen LogP contribution in [0.2, 0.25) is 0 Å². The van der Waals surface area contributed by atoms with Gasteiger partial charge in [0.15, 0.2) is 23.0 Å².